The quantitative estimate of drug-likeness (QED) is 0.354. The Labute approximate surface area is 170 Å². The molecule has 0 atom stereocenters. The van der Waals surface area contributed by atoms with Gasteiger partial charge in [-0.2, -0.15) is 0 Å². The summed E-state index contributed by atoms with van der Waals surface area (Å²) in [7, 11) is 4.20. The Balaban J connectivity index is 1.65. The first-order valence-corrected chi connectivity index (χ1v) is 11.0. The first-order chi connectivity index (χ1) is 13.1. The number of thiophene rings is 1. The molecule has 140 valence electrons. The highest BCUT2D eigenvalue weighted by molar-refractivity contribution is 7.99. The maximum absolute atomic E-state index is 5.95. The summed E-state index contributed by atoms with van der Waals surface area (Å²) in [5.74, 6) is 0. The van der Waals surface area contributed by atoms with Crippen LogP contribution in [0, 0.1) is 6.92 Å². The van der Waals surface area contributed by atoms with Crippen molar-refractivity contribution in [1.82, 2.24) is 4.90 Å². The molecule has 1 aromatic heterocycles. The smallest absolute Gasteiger partial charge is 0.0809 e. The Morgan fingerprint density at radius 2 is 1.78 bits per heavy atom. The van der Waals surface area contributed by atoms with Crippen LogP contribution in [0.15, 0.2) is 58.3 Å². The van der Waals surface area contributed by atoms with Gasteiger partial charge in [-0.1, -0.05) is 42.1 Å². The number of rotatable bonds is 6. The van der Waals surface area contributed by atoms with E-state index in [2.05, 4.69) is 74.4 Å². The number of hydrogen-bond acceptors (Lipinski definition) is 4. The highest BCUT2D eigenvalue weighted by atomic mass is 32.2. The highest BCUT2D eigenvalue weighted by Crippen LogP contribution is 2.51. The standard InChI is InChI=1S/C23H25NOS2/c1-16-9-10-19-22(13-16)27-21-8-5-4-7-18(21)20-14-17(26-23(19)20)15-25-12-6-11-24(2)3/h4-5,7-10,13-14H,6,11-12,15H2,1-3H3. The van der Waals surface area contributed by atoms with E-state index in [-0.39, 0.29) is 0 Å². The van der Waals surface area contributed by atoms with E-state index in [1.54, 1.807) is 0 Å². The van der Waals surface area contributed by atoms with Crippen LogP contribution in [-0.4, -0.2) is 32.1 Å². The number of fused-ring (bicyclic) bond motifs is 5. The van der Waals surface area contributed by atoms with Gasteiger partial charge in [-0.15, -0.1) is 11.3 Å². The molecular formula is C23H25NOS2. The van der Waals surface area contributed by atoms with Crippen molar-refractivity contribution in [2.24, 2.45) is 0 Å². The van der Waals surface area contributed by atoms with Gasteiger partial charge in [0.2, 0.25) is 0 Å². The molecule has 1 aliphatic heterocycles. The van der Waals surface area contributed by atoms with E-state index >= 15 is 0 Å². The SMILES string of the molecule is Cc1ccc2c(c1)Sc1ccccc1-c1cc(COCCCN(C)C)sc1-2. The Morgan fingerprint density at radius 3 is 2.63 bits per heavy atom. The third kappa shape index (κ3) is 4.14. The molecule has 4 heteroatoms. The number of hydrogen-bond donors (Lipinski definition) is 0. The zero-order chi connectivity index (χ0) is 18.8. The molecule has 3 aromatic rings. The lowest BCUT2D eigenvalue weighted by molar-refractivity contribution is 0.115. The molecule has 0 unspecified atom stereocenters. The zero-order valence-electron chi connectivity index (χ0n) is 16.1. The summed E-state index contributed by atoms with van der Waals surface area (Å²) >= 11 is 3.76. The van der Waals surface area contributed by atoms with Crippen LogP contribution in [0.5, 0.6) is 0 Å². The summed E-state index contributed by atoms with van der Waals surface area (Å²) in [5.41, 5.74) is 5.34. The molecule has 0 fully saturated rings. The first kappa shape index (κ1) is 18.8. The van der Waals surface area contributed by atoms with Gasteiger partial charge < -0.3 is 9.64 Å². The molecular weight excluding hydrogens is 370 g/mol. The first-order valence-electron chi connectivity index (χ1n) is 9.35. The summed E-state index contributed by atoms with van der Waals surface area (Å²) < 4.78 is 5.95. The molecule has 4 rings (SSSR count). The van der Waals surface area contributed by atoms with E-state index in [4.69, 9.17) is 4.74 Å². The fourth-order valence-electron chi connectivity index (χ4n) is 3.37. The van der Waals surface area contributed by atoms with Crippen LogP contribution in [0.1, 0.15) is 16.9 Å². The van der Waals surface area contributed by atoms with Gasteiger partial charge in [0, 0.05) is 37.3 Å². The Morgan fingerprint density at radius 1 is 0.926 bits per heavy atom. The topological polar surface area (TPSA) is 12.5 Å². The molecule has 2 aromatic carbocycles. The molecule has 0 N–H and O–H groups in total. The highest BCUT2D eigenvalue weighted by Gasteiger charge is 2.22. The van der Waals surface area contributed by atoms with Gasteiger partial charge in [0.15, 0.2) is 0 Å². The Kier molecular flexibility index (Phi) is 5.69. The molecule has 0 amide bonds. The minimum absolute atomic E-state index is 0.696. The summed E-state index contributed by atoms with van der Waals surface area (Å²) in [5, 5.41) is 0. The van der Waals surface area contributed by atoms with Gasteiger partial charge in [0.25, 0.3) is 0 Å². The summed E-state index contributed by atoms with van der Waals surface area (Å²) in [6.45, 7) is 4.74. The minimum Gasteiger partial charge on any atom is -0.376 e. The largest absolute Gasteiger partial charge is 0.376 e. The molecule has 0 saturated carbocycles. The molecule has 27 heavy (non-hydrogen) atoms. The summed E-state index contributed by atoms with van der Waals surface area (Å²) in [6.07, 6.45) is 1.07. The van der Waals surface area contributed by atoms with E-state index in [9.17, 15) is 0 Å². The van der Waals surface area contributed by atoms with Crippen molar-refractivity contribution in [2.45, 2.75) is 29.7 Å². The van der Waals surface area contributed by atoms with Crippen molar-refractivity contribution in [3.05, 3.63) is 59.0 Å². The normalized spacial score (nSPS) is 12.4. The second kappa shape index (κ2) is 8.19. The molecule has 0 saturated heterocycles. The number of nitrogens with zero attached hydrogens (tertiary/aromatic N) is 1. The van der Waals surface area contributed by atoms with Gasteiger partial charge in [-0.3, -0.25) is 0 Å². The predicted molar refractivity (Wildman–Crippen MR) is 117 cm³/mol. The van der Waals surface area contributed by atoms with Gasteiger partial charge in [-0.05, 0) is 63.3 Å². The average molecular weight is 396 g/mol. The molecule has 0 spiro atoms. The van der Waals surface area contributed by atoms with Gasteiger partial charge >= 0.3 is 0 Å². The number of benzene rings is 2. The Hall–Kier alpha value is -1.59. The number of ether oxygens (including phenoxy) is 1. The fraction of sp³-hybridized carbons (Fsp3) is 0.304. The van der Waals surface area contributed by atoms with Crippen molar-refractivity contribution in [3.63, 3.8) is 0 Å². The van der Waals surface area contributed by atoms with E-state index in [0.29, 0.717) is 6.61 Å². The van der Waals surface area contributed by atoms with E-state index < -0.39 is 0 Å². The molecule has 2 heterocycles. The molecule has 0 aliphatic carbocycles. The van der Waals surface area contributed by atoms with Crippen molar-refractivity contribution >= 4 is 23.1 Å². The van der Waals surface area contributed by atoms with E-state index in [1.165, 1.54) is 41.8 Å². The third-order valence-electron chi connectivity index (χ3n) is 4.70. The maximum Gasteiger partial charge on any atom is 0.0809 e. The molecule has 0 radical (unpaired) electrons. The fourth-order valence-corrected chi connectivity index (χ4v) is 5.78. The lowest BCUT2D eigenvalue weighted by Gasteiger charge is -2.09. The maximum atomic E-state index is 5.95. The van der Waals surface area contributed by atoms with Crippen LogP contribution in [0.3, 0.4) is 0 Å². The van der Waals surface area contributed by atoms with E-state index in [0.717, 1.165) is 19.6 Å². The van der Waals surface area contributed by atoms with Crippen LogP contribution in [0.2, 0.25) is 0 Å². The van der Waals surface area contributed by atoms with Gasteiger partial charge in [-0.25, -0.2) is 0 Å². The monoisotopic (exact) mass is 395 g/mol. The second-order valence-electron chi connectivity index (χ2n) is 7.26. The van der Waals surface area contributed by atoms with Crippen molar-refractivity contribution in [1.29, 1.82) is 0 Å². The van der Waals surface area contributed by atoms with Crippen LogP contribution < -0.4 is 0 Å². The Bertz CT molecular complexity index is 945. The zero-order valence-corrected chi connectivity index (χ0v) is 17.8. The third-order valence-corrected chi connectivity index (χ3v) is 6.98. The molecule has 0 bridgehead atoms. The molecule has 1 aliphatic rings. The van der Waals surface area contributed by atoms with Crippen LogP contribution >= 0.6 is 23.1 Å². The second-order valence-corrected chi connectivity index (χ2v) is 9.48. The lowest BCUT2D eigenvalue weighted by Crippen LogP contribution is -2.14. The van der Waals surface area contributed by atoms with Crippen molar-refractivity contribution in [3.8, 4) is 21.6 Å². The van der Waals surface area contributed by atoms with Gasteiger partial charge in [0.1, 0.15) is 0 Å². The van der Waals surface area contributed by atoms with Crippen molar-refractivity contribution in [2.75, 3.05) is 27.2 Å². The van der Waals surface area contributed by atoms with Gasteiger partial charge in [0.05, 0.1) is 6.61 Å². The van der Waals surface area contributed by atoms with Crippen molar-refractivity contribution < 1.29 is 4.74 Å². The predicted octanol–water partition coefficient (Wildman–Crippen LogP) is 6.32. The minimum atomic E-state index is 0.696. The van der Waals surface area contributed by atoms with Crippen LogP contribution in [0.25, 0.3) is 21.6 Å². The number of aryl methyl sites for hydroxylation is 1. The average Bonchev–Trinajstić information content (AvgIpc) is 3.00. The van der Waals surface area contributed by atoms with Crippen LogP contribution in [-0.2, 0) is 11.3 Å². The van der Waals surface area contributed by atoms with E-state index in [1.807, 2.05) is 23.1 Å². The van der Waals surface area contributed by atoms with Crippen LogP contribution in [0.4, 0.5) is 0 Å². The summed E-state index contributed by atoms with van der Waals surface area (Å²) in [6, 6.07) is 17.9. The lowest BCUT2D eigenvalue weighted by atomic mass is 10.0. The summed E-state index contributed by atoms with van der Waals surface area (Å²) in [4.78, 5) is 7.55. The molecule has 2 nitrogen and oxygen atoms in total.